The molecule has 0 aliphatic rings. The van der Waals surface area contributed by atoms with E-state index in [1.807, 2.05) is 18.2 Å². The number of aromatic nitrogens is 3. The minimum atomic E-state index is -0.193. The van der Waals surface area contributed by atoms with Crippen LogP contribution in [0, 0.1) is 6.92 Å². The number of fused-ring (bicyclic) bond motifs is 1. The number of oxazole rings is 1. The Morgan fingerprint density at radius 2 is 2.22 bits per heavy atom. The maximum atomic E-state index is 11.5. The molecule has 2 heterocycles. The maximum Gasteiger partial charge on any atom is 0.269 e. The molecule has 6 nitrogen and oxygen atoms in total. The second-order valence-electron chi connectivity index (χ2n) is 4.05. The van der Waals surface area contributed by atoms with Crippen LogP contribution in [0.2, 0.25) is 0 Å². The van der Waals surface area contributed by atoms with Crippen molar-refractivity contribution in [2.24, 2.45) is 5.73 Å². The molecule has 0 radical (unpaired) electrons. The molecule has 0 aliphatic carbocycles. The van der Waals surface area contributed by atoms with Gasteiger partial charge >= 0.3 is 0 Å². The summed E-state index contributed by atoms with van der Waals surface area (Å²) in [4.78, 5) is 15.7. The molecule has 4 N–H and O–H groups in total. The SMILES string of the molecule is Cc1nc2ccc(-c3[nH][nH]c(=O)c3CN)cc2o1. The monoisotopic (exact) mass is 244 g/mol. The summed E-state index contributed by atoms with van der Waals surface area (Å²) >= 11 is 0. The van der Waals surface area contributed by atoms with Gasteiger partial charge in [-0.15, -0.1) is 0 Å². The zero-order chi connectivity index (χ0) is 12.7. The first kappa shape index (κ1) is 10.8. The van der Waals surface area contributed by atoms with Crippen molar-refractivity contribution in [3.63, 3.8) is 0 Å². The molecular weight excluding hydrogens is 232 g/mol. The first-order valence-electron chi connectivity index (χ1n) is 5.56. The normalized spacial score (nSPS) is 11.2. The van der Waals surface area contributed by atoms with Gasteiger partial charge in [0, 0.05) is 19.0 Å². The molecule has 1 aromatic carbocycles. The fourth-order valence-electron chi connectivity index (χ4n) is 2.02. The molecule has 2 aromatic heterocycles. The molecule has 0 spiro atoms. The van der Waals surface area contributed by atoms with E-state index < -0.39 is 0 Å². The van der Waals surface area contributed by atoms with E-state index in [1.165, 1.54) is 0 Å². The Balaban J connectivity index is 2.21. The van der Waals surface area contributed by atoms with Gasteiger partial charge in [0.2, 0.25) is 0 Å². The third-order valence-corrected chi connectivity index (χ3v) is 2.87. The van der Waals surface area contributed by atoms with Gasteiger partial charge < -0.3 is 10.2 Å². The third-order valence-electron chi connectivity index (χ3n) is 2.87. The summed E-state index contributed by atoms with van der Waals surface area (Å²) < 4.78 is 5.47. The molecule has 0 saturated carbocycles. The molecule has 92 valence electrons. The van der Waals surface area contributed by atoms with Crippen molar-refractivity contribution in [2.45, 2.75) is 13.5 Å². The van der Waals surface area contributed by atoms with Gasteiger partial charge in [-0.05, 0) is 12.1 Å². The lowest BCUT2D eigenvalue weighted by Gasteiger charge is -1.99. The fraction of sp³-hybridized carbons (Fsp3) is 0.167. The number of nitrogens with one attached hydrogen (secondary N) is 2. The zero-order valence-electron chi connectivity index (χ0n) is 9.78. The minimum absolute atomic E-state index is 0.182. The predicted molar refractivity (Wildman–Crippen MR) is 67.0 cm³/mol. The quantitative estimate of drug-likeness (QED) is 0.632. The van der Waals surface area contributed by atoms with Crippen molar-refractivity contribution >= 4 is 11.1 Å². The van der Waals surface area contributed by atoms with E-state index >= 15 is 0 Å². The topological polar surface area (TPSA) is 101 Å². The highest BCUT2D eigenvalue weighted by Gasteiger charge is 2.12. The van der Waals surface area contributed by atoms with E-state index in [1.54, 1.807) is 6.92 Å². The van der Waals surface area contributed by atoms with Gasteiger partial charge in [-0.1, -0.05) is 6.07 Å². The minimum Gasteiger partial charge on any atom is -0.441 e. The Morgan fingerprint density at radius 3 is 3.00 bits per heavy atom. The third kappa shape index (κ3) is 1.54. The molecule has 0 unspecified atom stereocenters. The Morgan fingerprint density at radius 1 is 1.39 bits per heavy atom. The van der Waals surface area contributed by atoms with Gasteiger partial charge in [0.25, 0.3) is 5.56 Å². The fourth-order valence-corrected chi connectivity index (χ4v) is 2.02. The second kappa shape index (κ2) is 3.85. The van der Waals surface area contributed by atoms with Crippen LogP contribution < -0.4 is 11.3 Å². The van der Waals surface area contributed by atoms with Crippen molar-refractivity contribution in [3.8, 4) is 11.3 Å². The van der Waals surface area contributed by atoms with E-state index in [4.69, 9.17) is 10.2 Å². The number of aryl methyl sites for hydroxylation is 1. The van der Waals surface area contributed by atoms with Gasteiger partial charge in [-0.3, -0.25) is 15.0 Å². The van der Waals surface area contributed by atoms with Gasteiger partial charge in [-0.25, -0.2) is 4.98 Å². The molecule has 0 atom stereocenters. The average Bonchev–Trinajstić information content (AvgIpc) is 2.89. The smallest absolute Gasteiger partial charge is 0.269 e. The summed E-state index contributed by atoms with van der Waals surface area (Å²) in [6, 6.07) is 5.57. The van der Waals surface area contributed by atoms with Crippen LogP contribution in [0.4, 0.5) is 0 Å². The second-order valence-corrected chi connectivity index (χ2v) is 4.05. The van der Waals surface area contributed by atoms with Crippen LogP contribution in [0.1, 0.15) is 11.5 Å². The van der Waals surface area contributed by atoms with E-state index in [2.05, 4.69) is 15.2 Å². The predicted octanol–water partition coefficient (Wildman–Crippen LogP) is 1.28. The lowest BCUT2D eigenvalue weighted by atomic mass is 10.1. The van der Waals surface area contributed by atoms with Crippen molar-refractivity contribution in [3.05, 3.63) is 40.0 Å². The molecule has 0 saturated heterocycles. The van der Waals surface area contributed by atoms with Gasteiger partial charge in [0.05, 0.1) is 11.3 Å². The molecule has 3 rings (SSSR count). The lowest BCUT2D eigenvalue weighted by Crippen LogP contribution is -2.10. The Bertz CT molecular complexity index is 766. The zero-order valence-corrected chi connectivity index (χ0v) is 9.78. The highest BCUT2D eigenvalue weighted by Crippen LogP contribution is 2.24. The molecule has 0 aliphatic heterocycles. The molecular formula is C12H12N4O2. The first-order valence-corrected chi connectivity index (χ1v) is 5.56. The number of nitrogens with zero attached hydrogens (tertiary/aromatic N) is 1. The largest absolute Gasteiger partial charge is 0.441 e. The molecule has 18 heavy (non-hydrogen) atoms. The Labute approximate surface area is 102 Å². The van der Waals surface area contributed by atoms with Crippen LogP contribution in [-0.2, 0) is 6.54 Å². The summed E-state index contributed by atoms with van der Waals surface area (Å²) in [6.07, 6.45) is 0. The van der Waals surface area contributed by atoms with Crippen molar-refractivity contribution in [2.75, 3.05) is 0 Å². The summed E-state index contributed by atoms with van der Waals surface area (Å²) in [7, 11) is 0. The van der Waals surface area contributed by atoms with Crippen LogP contribution in [0.3, 0.4) is 0 Å². The number of H-pyrrole nitrogens is 2. The van der Waals surface area contributed by atoms with E-state index in [9.17, 15) is 4.79 Å². The number of hydrogen-bond donors (Lipinski definition) is 3. The van der Waals surface area contributed by atoms with Crippen molar-refractivity contribution < 1.29 is 4.42 Å². The summed E-state index contributed by atoms with van der Waals surface area (Å²) in [5.41, 5.74) is 8.94. The summed E-state index contributed by atoms with van der Waals surface area (Å²) in [5, 5.41) is 5.37. The highest BCUT2D eigenvalue weighted by molar-refractivity contribution is 5.79. The summed E-state index contributed by atoms with van der Waals surface area (Å²) in [6.45, 7) is 1.98. The van der Waals surface area contributed by atoms with E-state index in [0.29, 0.717) is 22.7 Å². The molecule has 0 fully saturated rings. The number of hydrogen-bond acceptors (Lipinski definition) is 4. The van der Waals surface area contributed by atoms with E-state index in [-0.39, 0.29) is 12.1 Å². The molecule has 0 amide bonds. The molecule has 3 aromatic rings. The van der Waals surface area contributed by atoms with Crippen molar-refractivity contribution in [1.82, 2.24) is 15.2 Å². The standard InChI is InChI=1S/C12H12N4O2/c1-6-14-9-3-2-7(4-10(9)18-6)11-8(5-13)12(17)16-15-11/h2-4H,5,13H2,1H3,(H2,15,16,17). The number of benzene rings is 1. The highest BCUT2D eigenvalue weighted by atomic mass is 16.3. The average molecular weight is 244 g/mol. The maximum absolute atomic E-state index is 11.5. The Hall–Kier alpha value is -2.34. The van der Waals surface area contributed by atoms with Crippen LogP contribution >= 0.6 is 0 Å². The van der Waals surface area contributed by atoms with Gasteiger partial charge in [0.15, 0.2) is 11.5 Å². The molecule has 6 heteroatoms. The number of aromatic amines is 2. The Kier molecular flexibility index (Phi) is 2.31. The molecule has 0 bridgehead atoms. The first-order chi connectivity index (χ1) is 8.69. The van der Waals surface area contributed by atoms with Crippen LogP contribution in [-0.4, -0.2) is 15.2 Å². The van der Waals surface area contributed by atoms with Crippen molar-refractivity contribution in [1.29, 1.82) is 0 Å². The van der Waals surface area contributed by atoms with Crippen LogP contribution in [0.5, 0.6) is 0 Å². The number of nitrogens with two attached hydrogens (primary N) is 1. The van der Waals surface area contributed by atoms with Crippen LogP contribution in [0.15, 0.2) is 27.4 Å². The lowest BCUT2D eigenvalue weighted by molar-refractivity contribution is 0.561. The summed E-state index contributed by atoms with van der Waals surface area (Å²) in [5.74, 6) is 0.615. The van der Waals surface area contributed by atoms with Gasteiger partial charge in [-0.2, -0.15) is 0 Å². The van der Waals surface area contributed by atoms with E-state index in [0.717, 1.165) is 11.1 Å². The van der Waals surface area contributed by atoms with Crippen LogP contribution in [0.25, 0.3) is 22.4 Å². The number of rotatable bonds is 2. The van der Waals surface area contributed by atoms with Gasteiger partial charge in [0.1, 0.15) is 5.52 Å².